The van der Waals surface area contributed by atoms with E-state index in [2.05, 4.69) is 10.2 Å². The highest BCUT2D eigenvalue weighted by Gasteiger charge is 2.25. The first-order valence-electron chi connectivity index (χ1n) is 4.81. The van der Waals surface area contributed by atoms with Crippen LogP contribution in [0.2, 0.25) is 0 Å². The first-order valence-corrected chi connectivity index (χ1v) is 4.81. The molecule has 1 aromatic rings. The maximum Gasteiger partial charge on any atom is 0.0857 e. The van der Waals surface area contributed by atoms with E-state index in [1.54, 1.807) is 0 Å². The monoisotopic (exact) mass is 194 g/mol. The van der Waals surface area contributed by atoms with Gasteiger partial charge in [-0.15, -0.1) is 0 Å². The van der Waals surface area contributed by atoms with Crippen LogP contribution in [0.3, 0.4) is 0 Å². The molecular formula is C11H18N2O. The molecular weight excluding hydrogens is 176 g/mol. The quantitative estimate of drug-likeness (QED) is 0.745. The van der Waals surface area contributed by atoms with Crippen LogP contribution in [0.4, 0.5) is 0 Å². The van der Waals surface area contributed by atoms with E-state index in [0.717, 1.165) is 17.0 Å². The third-order valence-corrected chi connectivity index (χ3v) is 2.25. The number of hydrogen-bond acceptors (Lipinski definition) is 3. The van der Waals surface area contributed by atoms with E-state index in [9.17, 15) is 5.11 Å². The molecule has 1 N–H and O–H groups in total. The van der Waals surface area contributed by atoms with Crippen molar-refractivity contribution in [3.05, 3.63) is 23.0 Å². The Morgan fingerprint density at radius 1 is 1.21 bits per heavy atom. The van der Waals surface area contributed by atoms with E-state index < -0.39 is 6.10 Å². The number of nitrogens with zero attached hydrogens (tertiary/aromatic N) is 2. The summed E-state index contributed by atoms with van der Waals surface area (Å²) in [5.74, 6) is 0. The Morgan fingerprint density at radius 2 is 1.79 bits per heavy atom. The van der Waals surface area contributed by atoms with E-state index in [-0.39, 0.29) is 5.41 Å². The topological polar surface area (TPSA) is 46.0 Å². The maximum absolute atomic E-state index is 10.1. The normalized spacial score (nSPS) is 14.1. The highest BCUT2D eigenvalue weighted by atomic mass is 16.3. The van der Waals surface area contributed by atoms with Gasteiger partial charge in [0, 0.05) is 5.56 Å². The lowest BCUT2D eigenvalue weighted by atomic mass is 9.84. The van der Waals surface area contributed by atoms with Gasteiger partial charge in [0.05, 0.1) is 17.5 Å². The fourth-order valence-corrected chi connectivity index (χ4v) is 1.31. The number of aromatic nitrogens is 2. The average molecular weight is 194 g/mol. The van der Waals surface area contributed by atoms with Crippen LogP contribution in [0.1, 0.15) is 43.8 Å². The lowest BCUT2D eigenvalue weighted by Crippen LogP contribution is -2.19. The fourth-order valence-electron chi connectivity index (χ4n) is 1.31. The van der Waals surface area contributed by atoms with E-state index in [1.807, 2.05) is 40.7 Å². The van der Waals surface area contributed by atoms with Crippen LogP contribution in [0.15, 0.2) is 6.07 Å². The molecule has 0 aliphatic rings. The third kappa shape index (κ3) is 2.29. The molecule has 0 aliphatic carbocycles. The van der Waals surface area contributed by atoms with Crippen LogP contribution >= 0.6 is 0 Å². The lowest BCUT2D eigenvalue weighted by Gasteiger charge is -2.26. The minimum atomic E-state index is -0.489. The summed E-state index contributed by atoms with van der Waals surface area (Å²) >= 11 is 0. The molecule has 3 nitrogen and oxygen atoms in total. The summed E-state index contributed by atoms with van der Waals surface area (Å²) in [7, 11) is 0. The largest absolute Gasteiger partial charge is 0.388 e. The van der Waals surface area contributed by atoms with Gasteiger partial charge in [0.2, 0.25) is 0 Å². The highest BCUT2D eigenvalue weighted by Crippen LogP contribution is 2.33. The van der Waals surface area contributed by atoms with Gasteiger partial charge >= 0.3 is 0 Å². The molecule has 0 saturated carbocycles. The van der Waals surface area contributed by atoms with Gasteiger partial charge in [-0.25, -0.2) is 0 Å². The summed E-state index contributed by atoms with van der Waals surface area (Å²) in [6, 6.07) is 1.90. The molecule has 0 aliphatic heterocycles. The zero-order chi connectivity index (χ0) is 10.9. The summed E-state index contributed by atoms with van der Waals surface area (Å²) in [4.78, 5) is 0. The predicted molar refractivity (Wildman–Crippen MR) is 55.9 cm³/mol. The number of rotatable bonds is 1. The second-order valence-electron chi connectivity index (χ2n) is 4.80. The predicted octanol–water partition coefficient (Wildman–Crippen LogP) is 2.17. The number of aliphatic hydroxyl groups is 1. The molecule has 1 atom stereocenters. The summed E-state index contributed by atoms with van der Waals surface area (Å²) in [6.07, 6.45) is -0.489. The summed E-state index contributed by atoms with van der Waals surface area (Å²) in [5.41, 5.74) is 2.36. The van der Waals surface area contributed by atoms with Gasteiger partial charge in [-0.1, -0.05) is 20.8 Å². The minimum Gasteiger partial charge on any atom is -0.388 e. The average Bonchev–Trinajstić information content (AvgIpc) is 2.06. The van der Waals surface area contributed by atoms with Crippen LogP contribution in [-0.2, 0) is 0 Å². The van der Waals surface area contributed by atoms with Crippen molar-refractivity contribution in [2.75, 3.05) is 0 Å². The zero-order valence-electron chi connectivity index (χ0n) is 9.50. The molecule has 14 heavy (non-hydrogen) atoms. The SMILES string of the molecule is Cc1cc(C(O)C(C)(C)C)c(C)nn1. The Hall–Kier alpha value is -0.960. The third-order valence-electron chi connectivity index (χ3n) is 2.25. The first-order chi connectivity index (χ1) is 6.32. The van der Waals surface area contributed by atoms with Crippen molar-refractivity contribution in [1.82, 2.24) is 10.2 Å². The molecule has 0 spiro atoms. The molecule has 0 bridgehead atoms. The molecule has 1 heterocycles. The van der Waals surface area contributed by atoms with E-state index >= 15 is 0 Å². The molecule has 0 saturated heterocycles. The van der Waals surface area contributed by atoms with Crippen LogP contribution in [0, 0.1) is 19.3 Å². The van der Waals surface area contributed by atoms with Crippen LogP contribution in [0.25, 0.3) is 0 Å². The van der Waals surface area contributed by atoms with Gasteiger partial charge in [-0.3, -0.25) is 0 Å². The van der Waals surface area contributed by atoms with Crippen molar-refractivity contribution in [3.63, 3.8) is 0 Å². The van der Waals surface area contributed by atoms with E-state index in [1.165, 1.54) is 0 Å². The van der Waals surface area contributed by atoms with Crippen molar-refractivity contribution in [1.29, 1.82) is 0 Å². The molecule has 3 heteroatoms. The van der Waals surface area contributed by atoms with Crippen molar-refractivity contribution >= 4 is 0 Å². The zero-order valence-corrected chi connectivity index (χ0v) is 9.50. The van der Waals surface area contributed by atoms with Crippen molar-refractivity contribution in [3.8, 4) is 0 Å². The van der Waals surface area contributed by atoms with Crippen molar-refractivity contribution in [2.24, 2.45) is 5.41 Å². The van der Waals surface area contributed by atoms with Crippen molar-refractivity contribution in [2.45, 2.75) is 40.7 Å². The Bertz CT molecular complexity index is 329. The lowest BCUT2D eigenvalue weighted by molar-refractivity contribution is 0.0615. The molecule has 0 fully saturated rings. The van der Waals surface area contributed by atoms with Gasteiger partial charge in [-0.05, 0) is 25.3 Å². The van der Waals surface area contributed by atoms with Gasteiger partial charge in [0.25, 0.3) is 0 Å². The van der Waals surface area contributed by atoms with Gasteiger partial charge in [0.1, 0.15) is 0 Å². The fraction of sp³-hybridized carbons (Fsp3) is 0.636. The molecule has 1 aromatic heterocycles. The number of aryl methyl sites for hydroxylation is 2. The number of hydrogen-bond donors (Lipinski definition) is 1. The summed E-state index contributed by atoms with van der Waals surface area (Å²) in [6.45, 7) is 9.77. The molecule has 0 radical (unpaired) electrons. The van der Waals surface area contributed by atoms with Crippen molar-refractivity contribution < 1.29 is 5.11 Å². The molecule has 0 amide bonds. The Morgan fingerprint density at radius 3 is 2.29 bits per heavy atom. The number of aliphatic hydroxyl groups excluding tert-OH is 1. The Balaban J connectivity index is 3.12. The molecule has 1 rings (SSSR count). The van der Waals surface area contributed by atoms with Gasteiger partial charge < -0.3 is 5.11 Å². The second-order valence-corrected chi connectivity index (χ2v) is 4.80. The first kappa shape index (κ1) is 11.1. The second kappa shape index (κ2) is 3.65. The van der Waals surface area contributed by atoms with E-state index in [0.29, 0.717) is 0 Å². The maximum atomic E-state index is 10.1. The molecule has 1 unspecified atom stereocenters. The van der Waals surface area contributed by atoms with Gasteiger partial charge in [-0.2, -0.15) is 10.2 Å². The van der Waals surface area contributed by atoms with Crippen LogP contribution in [-0.4, -0.2) is 15.3 Å². The molecule has 78 valence electrons. The standard InChI is InChI=1S/C11H18N2O/c1-7-6-9(8(2)13-12-7)10(14)11(3,4)5/h6,10,14H,1-5H3. The smallest absolute Gasteiger partial charge is 0.0857 e. The molecule has 0 aromatic carbocycles. The van der Waals surface area contributed by atoms with E-state index in [4.69, 9.17) is 0 Å². The highest BCUT2D eigenvalue weighted by molar-refractivity contribution is 5.23. The summed E-state index contributed by atoms with van der Waals surface area (Å²) in [5, 5.41) is 18.0. The van der Waals surface area contributed by atoms with Crippen LogP contribution < -0.4 is 0 Å². The Kier molecular flexibility index (Phi) is 2.90. The van der Waals surface area contributed by atoms with Gasteiger partial charge in [0.15, 0.2) is 0 Å². The minimum absolute atomic E-state index is 0.166. The van der Waals surface area contributed by atoms with Crippen LogP contribution in [0.5, 0.6) is 0 Å². The summed E-state index contributed by atoms with van der Waals surface area (Å²) < 4.78 is 0. The Labute approximate surface area is 85.2 Å².